The molecular formula is C15H15N3O3. The van der Waals surface area contributed by atoms with E-state index in [1.165, 1.54) is 18.2 Å². The molecule has 2 aromatic carbocycles. The van der Waals surface area contributed by atoms with Gasteiger partial charge in [0.15, 0.2) is 0 Å². The highest BCUT2D eigenvalue weighted by molar-refractivity contribution is 5.94. The number of non-ortho nitro benzene ring substituents is 1. The number of hydrogen-bond donors (Lipinski definition) is 2. The first-order valence-electron chi connectivity index (χ1n) is 6.39. The average molecular weight is 285 g/mol. The van der Waals surface area contributed by atoms with Crippen molar-refractivity contribution in [2.24, 2.45) is 0 Å². The first-order valence-corrected chi connectivity index (χ1v) is 6.39. The highest BCUT2D eigenvalue weighted by Gasteiger charge is 2.11. The first kappa shape index (κ1) is 14.5. The van der Waals surface area contributed by atoms with Gasteiger partial charge >= 0.3 is 0 Å². The smallest absolute Gasteiger partial charge is 0.270 e. The van der Waals surface area contributed by atoms with Crippen LogP contribution in [0.1, 0.15) is 15.9 Å². The molecule has 0 atom stereocenters. The quantitative estimate of drug-likeness (QED) is 0.653. The van der Waals surface area contributed by atoms with Crippen LogP contribution in [-0.4, -0.2) is 17.9 Å². The van der Waals surface area contributed by atoms with E-state index < -0.39 is 4.92 Å². The molecule has 0 fully saturated rings. The summed E-state index contributed by atoms with van der Waals surface area (Å²) in [5.74, 6) is -0.339. The SMILES string of the molecule is CNc1cccc(CNC(=O)c2cccc([N+](=O)[O-])c2)c1. The summed E-state index contributed by atoms with van der Waals surface area (Å²) in [6.07, 6.45) is 0. The normalized spacial score (nSPS) is 9.95. The fourth-order valence-electron chi connectivity index (χ4n) is 1.88. The summed E-state index contributed by atoms with van der Waals surface area (Å²) in [6.45, 7) is 0.358. The van der Waals surface area contributed by atoms with Crippen molar-refractivity contribution < 1.29 is 9.72 Å². The fraction of sp³-hybridized carbons (Fsp3) is 0.133. The number of amides is 1. The fourth-order valence-corrected chi connectivity index (χ4v) is 1.88. The maximum Gasteiger partial charge on any atom is 0.270 e. The van der Waals surface area contributed by atoms with Crippen molar-refractivity contribution in [3.05, 3.63) is 69.8 Å². The van der Waals surface area contributed by atoms with Gasteiger partial charge in [-0.25, -0.2) is 0 Å². The molecule has 0 aliphatic heterocycles. The highest BCUT2D eigenvalue weighted by Crippen LogP contribution is 2.13. The molecule has 0 aliphatic rings. The lowest BCUT2D eigenvalue weighted by Crippen LogP contribution is -2.22. The van der Waals surface area contributed by atoms with E-state index in [0.29, 0.717) is 6.54 Å². The molecular weight excluding hydrogens is 270 g/mol. The van der Waals surface area contributed by atoms with E-state index in [0.717, 1.165) is 11.3 Å². The van der Waals surface area contributed by atoms with Gasteiger partial charge in [-0.05, 0) is 23.8 Å². The van der Waals surface area contributed by atoms with Gasteiger partial charge in [0.25, 0.3) is 11.6 Å². The number of rotatable bonds is 5. The Bertz CT molecular complexity index is 671. The third kappa shape index (κ3) is 3.79. The molecule has 0 aromatic heterocycles. The van der Waals surface area contributed by atoms with E-state index in [2.05, 4.69) is 10.6 Å². The molecule has 2 N–H and O–H groups in total. The summed E-state index contributed by atoms with van der Waals surface area (Å²) in [7, 11) is 1.82. The minimum Gasteiger partial charge on any atom is -0.388 e. The highest BCUT2D eigenvalue weighted by atomic mass is 16.6. The Hall–Kier alpha value is -2.89. The van der Waals surface area contributed by atoms with E-state index in [-0.39, 0.29) is 17.2 Å². The van der Waals surface area contributed by atoms with Gasteiger partial charge < -0.3 is 10.6 Å². The molecule has 0 spiro atoms. The van der Waals surface area contributed by atoms with Gasteiger partial charge in [0, 0.05) is 37.0 Å². The second kappa shape index (κ2) is 6.51. The van der Waals surface area contributed by atoms with E-state index in [1.807, 2.05) is 31.3 Å². The van der Waals surface area contributed by atoms with Gasteiger partial charge in [0.05, 0.1) is 4.92 Å². The molecule has 0 unspecified atom stereocenters. The number of hydrogen-bond acceptors (Lipinski definition) is 4. The van der Waals surface area contributed by atoms with Gasteiger partial charge in [-0.2, -0.15) is 0 Å². The maximum absolute atomic E-state index is 12.0. The van der Waals surface area contributed by atoms with Crippen LogP contribution in [0.5, 0.6) is 0 Å². The van der Waals surface area contributed by atoms with Crippen LogP contribution in [0.3, 0.4) is 0 Å². The van der Waals surface area contributed by atoms with Crippen LogP contribution >= 0.6 is 0 Å². The minimum atomic E-state index is -0.521. The van der Waals surface area contributed by atoms with E-state index in [4.69, 9.17) is 0 Å². The van der Waals surface area contributed by atoms with Gasteiger partial charge in [0.2, 0.25) is 0 Å². The molecule has 0 saturated carbocycles. The summed E-state index contributed by atoms with van der Waals surface area (Å²) in [4.78, 5) is 22.2. The number of carbonyl (C=O) groups is 1. The zero-order valence-corrected chi connectivity index (χ0v) is 11.5. The van der Waals surface area contributed by atoms with Crippen molar-refractivity contribution in [2.75, 3.05) is 12.4 Å². The molecule has 0 aliphatic carbocycles. The minimum absolute atomic E-state index is 0.0974. The number of nitrogens with one attached hydrogen (secondary N) is 2. The van der Waals surface area contributed by atoms with Gasteiger partial charge in [-0.3, -0.25) is 14.9 Å². The Labute approximate surface area is 121 Å². The average Bonchev–Trinajstić information content (AvgIpc) is 2.53. The number of nitro benzene ring substituents is 1. The van der Waals surface area contributed by atoms with Gasteiger partial charge in [-0.15, -0.1) is 0 Å². The zero-order valence-electron chi connectivity index (χ0n) is 11.5. The van der Waals surface area contributed by atoms with Crippen LogP contribution in [0, 0.1) is 10.1 Å². The largest absolute Gasteiger partial charge is 0.388 e. The lowest BCUT2D eigenvalue weighted by molar-refractivity contribution is -0.384. The van der Waals surface area contributed by atoms with Crippen LogP contribution in [0.25, 0.3) is 0 Å². The van der Waals surface area contributed by atoms with Crippen LogP contribution in [-0.2, 0) is 6.54 Å². The molecule has 21 heavy (non-hydrogen) atoms. The Balaban J connectivity index is 2.04. The predicted molar refractivity (Wildman–Crippen MR) is 80.3 cm³/mol. The molecule has 2 rings (SSSR count). The Kier molecular flexibility index (Phi) is 4.50. The summed E-state index contributed by atoms with van der Waals surface area (Å²) < 4.78 is 0. The topological polar surface area (TPSA) is 84.3 Å². The lowest BCUT2D eigenvalue weighted by atomic mass is 10.1. The van der Waals surface area contributed by atoms with Crippen LogP contribution in [0.4, 0.5) is 11.4 Å². The van der Waals surface area contributed by atoms with Gasteiger partial charge in [0.1, 0.15) is 0 Å². The Morgan fingerprint density at radius 2 is 1.95 bits per heavy atom. The molecule has 0 heterocycles. The van der Waals surface area contributed by atoms with Crippen molar-refractivity contribution >= 4 is 17.3 Å². The van der Waals surface area contributed by atoms with Crippen LogP contribution in [0.2, 0.25) is 0 Å². The Morgan fingerprint density at radius 1 is 1.19 bits per heavy atom. The predicted octanol–water partition coefficient (Wildman–Crippen LogP) is 2.57. The molecule has 108 valence electrons. The number of benzene rings is 2. The maximum atomic E-state index is 12.0. The number of nitrogens with zero attached hydrogens (tertiary/aromatic N) is 1. The standard InChI is InChI=1S/C15H15N3O3/c1-16-13-6-2-4-11(8-13)10-17-15(19)12-5-3-7-14(9-12)18(20)21/h2-9,16H,10H2,1H3,(H,17,19). The third-order valence-electron chi connectivity index (χ3n) is 2.99. The molecule has 2 aromatic rings. The van der Waals surface area contributed by atoms with Crippen molar-refractivity contribution in [1.29, 1.82) is 0 Å². The summed E-state index contributed by atoms with van der Waals surface area (Å²) >= 11 is 0. The second-order valence-electron chi connectivity index (χ2n) is 4.44. The number of carbonyl (C=O) groups excluding carboxylic acids is 1. The summed E-state index contributed by atoms with van der Waals surface area (Å²) in [5.41, 5.74) is 2.08. The first-order chi connectivity index (χ1) is 10.1. The lowest BCUT2D eigenvalue weighted by Gasteiger charge is -2.07. The number of anilines is 1. The van der Waals surface area contributed by atoms with Crippen molar-refractivity contribution in [3.8, 4) is 0 Å². The Morgan fingerprint density at radius 3 is 2.67 bits per heavy atom. The third-order valence-corrected chi connectivity index (χ3v) is 2.99. The van der Waals surface area contributed by atoms with E-state index >= 15 is 0 Å². The molecule has 0 bridgehead atoms. The molecule has 0 saturated heterocycles. The van der Waals surface area contributed by atoms with Crippen molar-refractivity contribution in [3.63, 3.8) is 0 Å². The summed E-state index contributed by atoms with van der Waals surface area (Å²) in [6, 6.07) is 13.3. The molecule has 6 heteroatoms. The molecule has 6 nitrogen and oxygen atoms in total. The van der Waals surface area contributed by atoms with Crippen molar-refractivity contribution in [1.82, 2.24) is 5.32 Å². The van der Waals surface area contributed by atoms with Crippen molar-refractivity contribution in [2.45, 2.75) is 6.54 Å². The number of nitro groups is 1. The van der Waals surface area contributed by atoms with E-state index in [9.17, 15) is 14.9 Å². The molecule has 1 amide bonds. The summed E-state index contributed by atoms with van der Waals surface area (Å²) in [5, 5.41) is 16.5. The van der Waals surface area contributed by atoms with Crippen LogP contribution in [0.15, 0.2) is 48.5 Å². The van der Waals surface area contributed by atoms with Gasteiger partial charge in [-0.1, -0.05) is 18.2 Å². The van der Waals surface area contributed by atoms with E-state index in [1.54, 1.807) is 6.07 Å². The zero-order chi connectivity index (χ0) is 15.2. The van der Waals surface area contributed by atoms with Crippen LogP contribution < -0.4 is 10.6 Å². The molecule has 0 radical (unpaired) electrons. The second-order valence-corrected chi connectivity index (χ2v) is 4.44. The monoisotopic (exact) mass is 285 g/mol.